The number of rotatable bonds is 5. The second-order valence-corrected chi connectivity index (χ2v) is 3.56. The number of hydrogen-bond acceptors (Lipinski definition) is 3. The molecule has 0 bridgehead atoms. The minimum absolute atomic E-state index is 0.189. The van der Waals surface area contributed by atoms with Crippen LogP contribution in [0.4, 0.5) is 16.2 Å². The number of urea groups is 1. The molecule has 16 heavy (non-hydrogen) atoms. The van der Waals surface area contributed by atoms with Crippen LogP contribution in [-0.4, -0.2) is 29.7 Å². The average Bonchev–Trinajstić information content (AvgIpc) is 2.27. The quantitative estimate of drug-likeness (QED) is 0.586. The molecule has 0 aliphatic carbocycles. The fourth-order valence-corrected chi connectivity index (χ4v) is 1.21. The van der Waals surface area contributed by atoms with Crippen molar-refractivity contribution in [2.75, 3.05) is 23.1 Å². The van der Waals surface area contributed by atoms with Gasteiger partial charge in [-0.1, -0.05) is 0 Å². The van der Waals surface area contributed by atoms with Gasteiger partial charge in [0.05, 0.1) is 12.0 Å². The minimum atomic E-state index is -0.599. The Kier molecular flexibility index (Phi) is 4.88. The number of alkyl halides is 1. The van der Waals surface area contributed by atoms with E-state index >= 15 is 0 Å². The van der Waals surface area contributed by atoms with Crippen LogP contribution in [0.1, 0.15) is 0 Å². The summed E-state index contributed by atoms with van der Waals surface area (Å²) in [6, 6.07) is 6.36. The minimum Gasteiger partial charge on any atom is -0.390 e. The number of carbonyl (C=O) groups excluding carboxylic acids is 1. The standard InChI is InChI=1S/C10H14ClN3O2/c11-5-9(15)6-13-7-1-3-8(4-2-7)14-10(12)16/h1-4,9,13,15H,5-6H2,(H3,12,14,16). The monoisotopic (exact) mass is 243 g/mol. The molecule has 1 unspecified atom stereocenters. The number of aliphatic hydroxyl groups excluding tert-OH is 1. The van der Waals surface area contributed by atoms with E-state index in [4.69, 9.17) is 17.3 Å². The molecule has 0 aliphatic heterocycles. The molecule has 0 heterocycles. The lowest BCUT2D eigenvalue weighted by atomic mass is 10.2. The van der Waals surface area contributed by atoms with Crippen molar-refractivity contribution in [2.45, 2.75) is 6.10 Å². The van der Waals surface area contributed by atoms with Gasteiger partial charge in [0, 0.05) is 17.9 Å². The van der Waals surface area contributed by atoms with Crippen molar-refractivity contribution in [1.29, 1.82) is 0 Å². The number of benzene rings is 1. The second kappa shape index (κ2) is 6.19. The molecular formula is C10H14ClN3O2. The molecule has 1 atom stereocenters. The van der Waals surface area contributed by atoms with Gasteiger partial charge in [0.2, 0.25) is 0 Å². The maximum absolute atomic E-state index is 10.6. The summed E-state index contributed by atoms with van der Waals surface area (Å²) in [5.74, 6) is 0.189. The molecule has 5 nitrogen and oxygen atoms in total. The van der Waals surface area contributed by atoms with E-state index in [1.807, 2.05) is 0 Å². The van der Waals surface area contributed by atoms with E-state index in [9.17, 15) is 9.90 Å². The van der Waals surface area contributed by atoms with Crippen LogP contribution in [0.5, 0.6) is 0 Å². The molecule has 1 aromatic rings. The van der Waals surface area contributed by atoms with E-state index in [2.05, 4.69) is 10.6 Å². The lowest BCUT2D eigenvalue weighted by Crippen LogP contribution is -2.21. The van der Waals surface area contributed by atoms with E-state index in [0.717, 1.165) is 5.69 Å². The molecule has 6 heteroatoms. The maximum atomic E-state index is 10.6. The third-order valence-electron chi connectivity index (χ3n) is 1.87. The van der Waals surface area contributed by atoms with Crippen molar-refractivity contribution in [3.8, 4) is 0 Å². The fourth-order valence-electron chi connectivity index (χ4n) is 1.10. The molecule has 0 aromatic heterocycles. The van der Waals surface area contributed by atoms with E-state index in [1.165, 1.54) is 0 Å². The van der Waals surface area contributed by atoms with Crippen molar-refractivity contribution in [2.24, 2.45) is 5.73 Å². The average molecular weight is 244 g/mol. The van der Waals surface area contributed by atoms with E-state index in [0.29, 0.717) is 12.2 Å². The zero-order chi connectivity index (χ0) is 12.0. The highest BCUT2D eigenvalue weighted by Gasteiger charge is 2.01. The van der Waals surface area contributed by atoms with Gasteiger partial charge in [0.25, 0.3) is 0 Å². The highest BCUT2D eigenvalue weighted by Crippen LogP contribution is 2.13. The molecule has 0 saturated carbocycles. The second-order valence-electron chi connectivity index (χ2n) is 3.26. The smallest absolute Gasteiger partial charge is 0.316 e. The first-order chi connectivity index (χ1) is 7.61. The van der Waals surface area contributed by atoms with Gasteiger partial charge in [-0.05, 0) is 24.3 Å². The van der Waals surface area contributed by atoms with Gasteiger partial charge < -0.3 is 21.5 Å². The number of primary amides is 1. The first kappa shape index (κ1) is 12.6. The first-order valence-electron chi connectivity index (χ1n) is 4.76. The third-order valence-corrected chi connectivity index (χ3v) is 2.23. The molecule has 0 aliphatic rings. The summed E-state index contributed by atoms with van der Waals surface area (Å²) in [6.45, 7) is 0.381. The van der Waals surface area contributed by atoms with Gasteiger partial charge in [-0.3, -0.25) is 0 Å². The zero-order valence-corrected chi connectivity index (χ0v) is 9.37. The predicted molar refractivity (Wildman–Crippen MR) is 64.9 cm³/mol. The highest BCUT2D eigenvalue weighted by molar-refractivity contribution is 6.18. The fraction of sp³-hybridized carbons (Fsp3) is 0.300. The van der Waals surface area contributed by atoms with Gasteiger partial charge in [-0.2, -0.15) is 0 Å². The number of nitrogens with two attached hydrogens (primary N) is 1. The first-order valence-corrected chi connectivity index (χ1v) is 5.29. The molecule has 2 amide bonds. The van der Waals surface area contributed by atoms with Crippen molar-refractivity contribution in [3.05, 3.63) is 24.3 Å². The van der Waals surface area contributed by atoms with Crippen molar-refractivity contribution < 1.29 is 9.90 Å². The number of nitrogens with one attached hydrogen (secondary N) is 2. The highest BCUT2D eigenvalue weighted by atomic mass is 35.5. The SMILES string of the molecule is NC(=O)Nc1ccc(NCC(O)CCl)cc1. The molecule has 1 rings (SSSR count). The van der Waals surface area contributed by atoms with Gasteiger partial charge in [0.15, 0.2) is 0 Å². The van der Waals surface area contributed by atoms with Crippen LogP contribution in [0.3, 0.4) is 0 Å². The summed E-state index contributed by atoms with van der Waals surface area (Å²) in [6.07, 6.45) is -0.579. The van der Waals surface area contributed by atoms with E-state index in [-0.39, 0.29) is 5.88 Å². The van der Waals surface area contributed by atoms with E-state index < -0.39 is 12.1 Å². The van der Waals surface area contributed by atoms with Crippen LogP contribution in [0.2, 0.25) is 0 Å². The number of aliphatic hydroxyl groups is 1. The molecule has 1 aromatic carbocycles. The summed E-state index contributed by atoms with van der Waals surface area (Å²) in [7, 11) is 0. The van der Waals surface area contributed by atoms with Crippen LogP contribution in [0, 0.1) is 0 Å². The van der Waals surface area contributed by atoms with Crippen LogP contribution < -0.4 is 16.4 Å². The summed E-state index contributed by atoms with van der Waals surface area (Å²) < 4.78 is 0. The Morgan fingerprint density at radius 1 is 1.38 bits per heavy atom. The lowest BCUT2D eigenvalue weighted by Gasteiger charge is -2.10. The molecule has 0 saturated heterocycles. The molecule has 0 fully saturated rings. The van der Waals surface area contributed by atoms with Crippen LogP contribution >= 0.6 is 11.6 Å². The summed E-state index contributed by atoms with van der Waals surface area (Å²) in [5, 5.41) is 14.7. The molecular weight excluding hydrogens is 230 g/mol. The van der Waals surface area contributed by atoms with Gasteiger partial charge in [-0.25, -0.2) is 4.79 Å². The maximum Gasteiger partial charge on any atom is 0.316 e. The summed E-state index contributed by atoms with van der Waals surface area (Å²) >= 11 is 5.45. The number of amides is 2. The van der Waals surface area contributed by atoms with Crippen molar-refractivity contribution in [1.82, 2.24) is 0 Å². The molecule has 88 valence electrons. The molecule has 0 radical (unpaired) electrons. The Bertz CT molecular complexity index is 342. The van der Waals surface area contributed by atoms with E-state index in [1.54, 1.807) is 24.3 Å². The van der Waals surface area contributed by atoms with Crippen molar-refractivity contribution >= 4 is 29.0 Å². The summed E-state index contributed by atoms with van der Waals surface area (Å²) in [5.41, 5.74) is 6.42. The third kappa shape index (κ3) is 4.37. The number of hydrogen-bond donors (Lipinski definition) is 4. The Hall–Kier alpha value is -1.46. The number of halogens is 1. The summed E-state index contributed by atoms with van der Waals surface area (Å²) in [4.78, 5) is 10.6. The number of anilines is 2. The molecule has 0 spiro atoms. The van der Waals surface area contributed by atoms with Gasteiger partial charge in [-0.15, -0.1) is 11.6 Å². The van der Waals surface area contributed by atoms with Gasteiger partial charge in [0.1, 0.15) is 0 Å². The van der Waals surface area contributed by atoms with Crippen LogP contribution in [0.25, 0.3) is 0 Å². The topological polar surface area (TPSA) is 87.4 Å². The Balaban J connectivity index is 2.48. The zero-order valence-electron chi connectivity index (χ0n) is 8.61. The normalized spacial score (nSPS) is 11.9. The Morgan fingerprint density at radius 3 is 2.44 bits per heavy atom. The van der Waals surface area contributed by atoms with Gasteiger partial charge >= 0.3 is 6.03 Å². The van der Waals surface area contributed by atoms with Crippen LogP contribution in [0.15, 0.2) is 24.3 Å². The van der Waals surface area contributed by atoms with Crippen molar-refractivity contribution in [3.63, 3.8) is 0 Å². The van der Waals surface area contributed by atoms with Crippen LogP contribution in [-0.2, 0) is 0 Å². The largest absolute Gasteiger partial charge is 0.390 e. The number of carbonyl (C=O) groups is 1. The Morgan fingerprint density at radius 2 is 1.94 bits per heavy atom. The predicted octanol–water partition coefficient (Wildman–Crippen LogP) is 1.19. The molecule has 5 N–H and O–H groups in total. The lowest BCUT2D eigenvalue weighted by molar-refractivity contribution is 0.211. The Labute approximate surface area is 98.6 Å².